The molecule has 6 nitrogen and oxygen atoms in total. The van der Waals surface area contributed by atoms with E-state index < -0.39 is 17.9 Å². The van der Waals surface area contributed by atoms with Crippen LogP contribution < -0.4 is 10.1 Å². The molecule has 0 radical (unpaired) electrons. The van der Waals surface area contributed by atoms with Gasteiger partial charge in [-0.05, 0) is 49.2 Å². The Morgan fingerprint density at radius 3 is 2.38 bits per heavy atom. The fourth-order valence-corrected chi connectivity index (χ4v) is 2.93. The van der Waals surface area contributed by atoms with E-state index in [-0.39, 0.29) is 5.92 Å². The summed E-state index contributed by atoms with van der Waals surface area (Å²) in [6.45, 7) is 0.987. The Labute approximate surface area is 151 Å². The van der Waals surface area contributed by atoms with Gasteiger partial charge in [0.15, 0.2) is 0 Å². The molecule has 1 fully saturated rings. The third kappa shape index (κ3) is 4.61. The van der Waals surface area contributed by atoms with Gasteiger partial charge in [0.1, 0.15) is 17.5 Å². The van der Waals surface area contributed by atoms with Crippen molar-refractivity contribution in [3.05, 3.63) is 60.2 Å². The number of hydrogen-bond donors (Lipinski definition) is 2. The predicted molar refractivity (Wildman–Crippen MR) is 95.4 cm³/mol. The van der Waals surface area contributed by atoms with Crippen molar-refractivity contribution in [2.75, 3.05) is 13.2 Å². The van der Waals surface area contributed by atoms with E-state index in [0.717, 1.165) is 12.8 Å². The van der Waals surface area contributed by atoms with E-state index in [0.29, 0.717) is 30.3 Å². The molecule has 0 spiro atoms. The lowest BCUT2D eigenvalue weighted by atomic mass is 9.93. The molecule has 1 aliphatic heterocycles. The van der Waals surface area contributed by atoms with Crippen molar-refractivity contribution in [3.63, 3.8) is 0 Å². The van der Waals surface area contributed by atoms with Crippen molar-refractivity contribution in [3.8, 4) is 11.5 Å². The summed E-state index contributed by atoms with van der Waals surface area (Å²) in [6.07, 6.45) is 1.52. The van der Waals surface area contributed by atoms with Gasteiger partial charge in [-0.3, -0.25) is 4.79 Å². The number of carbonyl (C=O) groups excluding carboxylic acids is 1. The maximum Gasteiger partial charge on any atom is 0.326 e. The molecule has 0 aliphatic carbocycles. The highest BCUT2D eigenvalue weighted by Crippen LogP contribution is 2.22. The van der Waals surface area contributed by atoms with Crippen LogP contribution in [-0.2, 0) is 9.53 Å². The van der Waals surface area contributed by atoms with E-state index in [4.69, 9.17) is 9.47 Å². The van der Waals surface area contributed by atoms with Crippen LogP contribution in [0.2, 0.25) is 0 Å². The van der Waals surface area contributed by atoms with Crippen molar-refractivity contribution in [2.24, 2.45) is 5.92 Å². The maximum absolute atomic E-state index is 12.4. The minimum Gasteiger partial charge on any atom is -0.480 e. The highest BCUT2D eigenvalue weighted by Gasteiger charge is 2.31. The van der Waals surface area contributed by atoms with E-state index >= 15 is 0 Å². The molecule has 26 heavy (non-hydrogen) atoms. The van der Waals surface area contributed by atoms with Gasteiger partial charge < -0.3 is 19.9 Å². The van der Waals surface area contributed by atoms with Crippen LogP contribution >= 0.6 is 0 Å². The van der Waals surface area contributed by atoms with Crippen LogP contribution in [-0.4, -0.2) is 36.2 Å². The molecule has 6 heteroatoms. The van der Waals surface area contributed by atoms with Crippen LogP contribution in [0.4, 0.5) is 0 Å². The van der Waals surface area contributed by atoms with Gasteiger partial charge in [0.25, 0.3) is 5.91 Å². The molecule has 2 unspecified atom stereocenters. The van der Waals surface area contributed by atoms with Crippen LogP contribution in [0.3, 0.4) is 0 Å². The fraction of sp³-hybridized carbons (Fsp3) is 0.300. The summed E-state index contributed by atoms with van der Waals surface area (Å²) in [7, 11) is 0. The second-order valence-electron chi connectivity index (χ2n) is 6.21. The van der Waals surface area contributed by atoms with E-state index in [1.165, 1.54) is 0 Å². The molecule has 2 aromatic rings. The summed E-state index contributed by atoms with van der Waals surface area (Å²) in [5.41, 5.74) is 0.383. The van der Waals surface area contributed by atoms with Gasteiger partial charge in [-0.1, -0.05) is 18.2 Å². The lowest BCUT2D eigenvalue weighted by Crippen LogP contribution is -2.48. The van der Waals surface area contributed by atoms with Crippen molar-refractivity contribution >= 4 is 11.9 Å². The first kappa shape index (κ1) is 17.9. The lowest BCUT2D eigenvalue weighted by Gasteiger charge is -2.28. The monoisotopic (exact) mass is 355 g/mol. The molecule has 1 saturated heterocycles. The van der Waals surface area contributed by atoms with E-state index in [1.54, 1.807) is 24.3 Å². The Balaban J connectivity index is 1.64. The number of nitrogens with one attached hydrogen (secondary N) is 1. The molecule has 2 atom stereocenters. The highest BCUT2D eigenvalue weighted by molar-refractivity contribution is 5.96. The number of carboxylic acids is 1. The summed E-state index contributed by atoms with van der Waals surface area (Å²) in [4.78, 5) is 23.9. The van der Waals surface area contributed by atoms with Crippen LogP contribution in [0.1, 0.15) is 23.2 Å². The van der Waals surface area contributed by atoms with Crippen molar-refractivity contribution < 1.29 is 24.2 Å². The molecule has 2 aromatic carbocycles. The molecule has 3 rings (SSSR count). The smallest absolute Gasteiger partial charge is 0.326 e. The molecular formula is C20H21NO5. The maximum atomic E-state index is 12.4. The van der Waals surface area contributed by atoms with Gasteiger partial charge in [0, 0.05) is 18.1 Å². The third-order valence-electron chi connectivity index (χ3n) is 4.31. The van der Waals surface area contributed by atoms with Gasteiger partial charge >= 0.3 is 5.97 Å². The van der Waals surface area contributed by atoms with Crippen LogP contribution in [0.5, 0.6) is 11.5 Å². The summed E-state index contributed by atoms with van der Waals surface area (Å²) in [6, 6.07) is 15.0. The molecule has 0 bridgehead atoms. The summed E-state index contributed by atoms with van der Waals surface area (Å²) in [5, 5.41) is 12.1. The van der Waals surface area contributed by atoms with Gasteiger partial charge in [-0.25, -0.2) is 4.79 Å². The number of ether oxygens (including phenoxy) is 2. The lowest BCUT2D eigenvalue weighted by molar-refractivity contribution is -0.142. The topological polar surface area (TPSA) is 84.9 Å². The Morgan fingerprint density at radius 2 is 1.77 bits per heavy atom. The standard InChI is InChI=1S/C20H21NO5/c22-19(21-18(20(23)24)15-5-4-12-25-13-15)14-8-10-17(11-9-14)26-16-6-2-1-3-7-16/h1-3,6-11,15,18H,4-5,12-13H2,(H,21,22)(H,23,24). The number of benzene rings is 2. The first-order chi connectivity index (χ1) is 12.6. The fourth-order valence-electron chi connectivity index (χ4n) is 2.93. The van der Waals surface area contributed by atoms with E-state index in [1.807, 2.05) is 30.3 Å². The highest BCUT2D eigenvalue weighted by atomic mass is 16.5. The zero-order valence-electron chi connectivity index (χ0n) is 14.3. The Kier molecular flexibility index (Phi) is 5.86. The first-order valence-electron chi connectivity index (χ1n) is 8.58. The average molecular weight is 355 g/mol. The molecule has 136 valence electrons. The SMILES string of the molecule is O=C(NC(C(=O)O)C1CCCOC1)c1ccc(Oc2ccccc2)cc1. The Morgan fingerprint density at radius 1 is 1.08 bits per heavy atom. The van der Waals surface area contributed by atoms with Crippen molar-refractivity contribution in [2.45, 2.75) is 18.9 Å². The quantitative estimate of drug-likeness (QED) is 0.832. The zero-order valence-corrected chi connectivity index (χ0v) is 14.3. The van der Waals surface area contributed by atoms with Crippen LogP contribution in [0, 0.1) is 5.92 Å². The molecule has 0 aromatic heterocycles. The van der Waals surface area contributed by atoms with Gasteiger partial charge in [-0.15, -0.1) is 0 Å². The summed E-state index contributed by atoms with van der Waals surface area (Å²) in [5.74, 6) is -0.380. The van der Waals surface area contributed by atoms with Gasteiger partial charge in [0.2, 0.25) is 0 Å². The number of carbonyl (C=O) groups is 2. The third-order valence-corrected chi connectivity index (χ3v) is 4.31. The molecule has 1 aliphatic rings. The van der Waals surface area contributed by atoms with Crippen molar-refractivity contribution in [1.29, 1.82) is 0 Å². The first-order valence-corrected chi connectivity index (χ1v) is 8.58. The van der Waals surface area contributed by atoms with Gasteiger partial charge in [0.05, 0.1) is 6.61 Å². The second kappa shape index (κ2) is 8.49. The van der Waals surface area contributed by atoms with Gasteiger partial charge in [-0.2, -0.15) is 0 Å². The van der Waals surface area contributed by atoms with Crippen LogP contribution in [0.25, 0.3) is 0 Å². The molecular weight excluding hydrogens is 334 g/mol. The average Bonchev–Trinajstić information content (AvgIpc) is 2.68. The van der Waals surface area contributed by atoms with E-state index in [9.17, 15) is 14.7 Å². The number of para-hydroxylation sites is 1. The number of hydrogen-bond acceptors (Lipinski definition) is 4. The predicted octanol–water partition coefficient (Wildman–Crippen LogP) is 3.09. The largest absolute Gasteiger partial charge is 0.480 e. The number of rotatable bonds is 6. The summed E-state index contributed by atoms with van der Waals surface area (Å²) >= 11 is 0. The number of carboxylic acid groups (broad SMARTS) is 1. The number of aliphatic carboxylic acids is 1. The molecule has 1 amide bonds. The molecule has 1 heterocycles. The van der Waals surface area contributed by atoms with Crippen molar-refractivity contribution in [1.82, 2.24) is 5.32 Å². The molecule has 0 saturated carbocycles. The molecule has 2 N–H and O–H groups in total. The minimum absolute atomic E-state index is 0.217. The zero-order chi connectivity index (χ0) is 18.4. The second-order valence-corrected chi connectivity index (χ2v) is 6.21. The van der Waals surface area contributed by atoms with E-state index in [2.05, 4.69) is 5.32 Å². The van der Waals surface area contributed by atoms with Crippen LogP contribution in [0.15, 0.2) is 54.6 Å². The summed E-state index contributed by atoms with van der Waals surface area (Å²) < 4.78 is 11.0. The Bertz CT molecular complexity index is 739. The normalized spacial score (nSPS) is 17.9. The minimum atomic E-state index is -1.04. The number of amides is 1. The Hall–Kier alpha value is -2.86.